The average Bonchev–Trinajstić information content (AvgIpc) is 2.96. The number of nitrogens with one attached hydrogen (secondary N) is 1. The van der Waals surface area contributed by atoms with Gasteiger partial charge in [0.25, 0.3) is 11.1 Å². The molecule has 0 aliphatic carbocycles. The number of para-hydroxylation sites is 1. The van der Waals surface area contributed by atoms with Gasteiger partial charge in [0.15, 0.2) is 11.5 Å². The Bertz CT molecular complexity index is 1080. The molecule has 31 heavy (non-hydrogen) atoms. The molecule has 1 saturated heterocycles. The van der Waals surface area contributed by atoms with Crippen LogP contribution in [0.3, 0.4) is 0 Å². The molecule has 1 aliphatic rings. The zero-order valence-electron chi connectivity index (χ0n) is 15.9. The maximum Gasteiger partial charge on any atom is 0.416 e. The van der Waals surface area contributed by atoms with E-state index in [1.54, 1.807) is 6.07 Å². The van der Waals surface area contributed by atoms with E-state index in [4.69, 9.17) is 4.74 Å². The average molecular weight is 452 g/mol. The van der Waals surface area contributed by atoms with E-state index in [1.165, 1.54) is 31.4 Å². The highest BCUT2D eigenvalue weighted by molar-refractivity contribution is 8.18. The van der Waals surface area contributed by atoms with Gasteiger partial charge in [0.05, 0.1) is 17.6 Å². The summed E-state index contributed by atoms with van der Waals surface area (Å²) in [4.78, 5) is 37.5. The number of nitrogens with zero attached hydrogens (tertiary/aromatic N) is 1. The Morgan fingerprint density at radius 2 is 1.94 bits per heavy atom. The van der Waals surface area contributed by atoms with Crippen LogP contribution in [-0.4, -0.2) is 40.7 Å². The third-order valence-corrected chi connectivity index (χ3v) is 5.09. The van der Waals surface area contributed by atoms with E-state index in [2.05, 4.69) is 5.32 Å². The highest BCUT2D eigenvalue weighted by Gasteiger charge is 2.36. The van der Waals surface area contributed by atoms with Crippen LogP contribution in [0.2, 0.25) is 0 Å². The molecule has 0 radical (unpaired) electrons. The maximum absolute atomic E-state index is 12.8. The third kappa shape index (κ3) is 5.00. The molecule has 0 atom stereocenters. The third-order valence-electron chi connectivity index (χ3n) is 4.19. The Kier molecular flexibility index (Phi) is 6.25. The first-order valence-electron chi connectivity index (χ1n) is 8.68. The number of hydrogen-bond acceptors (Lipinski definition) is 6. The topological polar surface area (TPSA) is 95.9 Å². The van der Waals surface area contributed by atoms with Gasteiger partial charge in [0, 0.05) is 11.3 Å². The number of halogens is 3. The molecule has 0 unspecified atom stereocenters. The largest absolute Gasteiger partial charge is 0.504 e. The molecule has 2 aromatic carbocycles. The number of benzene rings is 2. The zero-order chi connectivity index (χ0) is 22.8. The summed E-state index contributed by atoms with van der Waals surface area (Å²) < 4.78 is 43.4. The van der Waals surface area contributed by atoms with E-state index < -0.39 is 35.3 Å². The number of imide groups is 1. The summed E-state index contributed by atoms with van der Waals surface area (Å²) >= 11 is 0.571. The van der Waals surface area contributed by atoms with Crippen LogP contribution in [0.1, 0.15) is 11.1 Å². The van der Waals surface area contributed by atoms with E-state index in [0.717, 1.165) is 18.2 Å². The number of anilines is 1. The van der Waals surface area contributed by atoms with E-state index in [0.29, 0.717) is 16.7 Å². The van der Waals surface area contributed by atoms with Gasteiger partial charge < -0.3 is 15.2 Å². The molecule has 11 heteroatoms. The number of methoxy groups -OCH3 is 1. The predicted molar refractivity (Wildman–Crippen MR) is 107 cm³/mol. The SMILES string of the molecule is COc1cccc(/C=C2\SC(=O)N(CC(=O)Nc3cccc(C(F)(F)F)c3)C2=O)c1O. The van der Waals surface area contributed by atoms with Gasteiger partial charge in [-0.2, -0.15) is 13.2 Å². The first-order chi connectivity index (χ1) is 14.6. The Hall–Kier alpha value is -3.47. The second-order valence-corrected chi connectivity index (χ2v) is 7.29. The monoisotopic (exact) mass is 452 g/mol. The number of alkyl halides is 3. The molecule has 0 bridgehead atoms. The number of carbonyl (C=O) groups is 3. The molecule has 0 aromatic heterocycles. The smallest absolute Gasteiger partial charge is 0.416 e. The molecule has 1 heterocycles. The van der Waals surface area contributed by atoms with Gasteiger partial charge >= 0.3 is 6.18 Å². The van der Waals surface area contributed by atoms with Crippen LogP contribution in [0.4, 0.5) is 23.7 Å². The van der Waals surface area contributed by atoms with Crippen molar-refractivity contribution in [2.45, 2.75) is 6.18 Å². The number of rotatable bonds is 5. The maximum atomic E-state index is 12.8. The van der Waals surface area contributed by atoms with Crippen LogP contribution in [0.15, 0.2) is 47.4 Å². The Labute approximate surface area is 178 Å². The number of hydrogen-bond donors (Lipinski definition) is 2. The summed E-state index contributed by atoms with van der Waals surface area (Å²) in [7, 11) is 1.36. The number of amides is 3. The van der Waals surface area contributed by atoms with Crippen LogP contribution < -0.4 is 10.1 Å². The quantitative estimate of drug-likeness (QED) is 0.664. The van der Waals surface area contributed by atoms with Crippen LogP contribution in [0.5, 0.6) is 11.5 Å². The molecular formula is C20H15F3N2O5S. The zero-order valence-corrected chi connectivity index (χ0v) is 16.7. The number of thioether (sulfide) groups is 1. The lowest BCUT2D eigenvalue weighted by molar-refractivity contribution is -0.137. The first kappa shape index (κ1) is 22.2. The molecular weight excluding hydrogens is 437 g/mol. The number of phenolic OH excluding ortho intramolecular Hbond substituents is 1. The van der Waals surface area contributed by atoms with Crippen molar-refractivity contribution in [1.29, 1.82) is 0 Å². The summed E-state index contributed by atoms with van der Waals surface area (Å²) in [5.41, 5.74) is -0.834. The van der Waals surface area contributed by atoms with Crippen molar-refractivity contribution in [2.75, 3.05) is 19.0 Å². The van der Waals surface area contributed by atoms with E-state index in [1.807, 2.05) is 0 Å². The number of ether oxygens (including phenoxy) is 1. The molecule has 1 fully saturated rings. The number of carbonyl (C=O) groups excluding carboxylic acids is 3. The van der Waals surface area contributed by atoms with E-state index in [9.17, 15) is 32.7 Å². The molecule has 1 aliphatic heterocycles. The minimum atomic E-state index is -4.58. The van der Waals surface area contributed by atoms with Crippen molar-refractivity contribution in [1.82, 2.24) is 4.90 Å². The molecule has 0 saturated carbocycles. The second-order valence-electron chi connectivity index (χ2n) is 6.29. The molecule has 3 amide bonds. The van der Waals surface area contributed by atoms with Crippen molar-refractivity contribution in [3.8, 4) is 11.5 Å². The van der Waals surface area contributed by atoms with Gasteiger partial charge in [-0.05, 0) is 42.1 Å². The fourth-order valence-corrected chi connectivity index (χ4v) is 3.54. The lowest BCUT2D eigenvalue weighted by Crippen LogP contribution is -2.36. The Morgan fingerprint density at radius 3 is 2.61 bits per heavy atom. The van der Waals surface area contributed by atoms with Gasteiger partial charge in [-0.15, -0.1) is 0 Å². The number of phenols is 1. The summed E-state index contributed by atoms with van der Waals surface area (Å²) in [6.07, 6.45) is -3.29. The Morgan fingerprint density at radius 1 is 1.23 bits per heavy atom. The first-order valence-corrected chi connectivity index (χ1v) is 9.50. The second kappa shape index (κ2) is 8.72. The minimum absolute atomic E-state index is 0.0274. The standard InChI is InChI=1S/C20H15F3N2O5S/c1-30-14-7-2-4-11(17(14)27)8-15-18(28)25(19(29)31-15)10-16(26)24-13-6-3-5-12(9-13)20(21,22)23/h2-9,27H,10H2,1H3,(H,24,26)/b15-8-. The summed E-state index contributed by atoms with van der Waals surface area (Å²) in [6, 6.07) is 8.58. The molecule has 2 N–H and O–H groups in total. The van der Waals surface area contributed by atoms with Crippen molar-refractivity contribution >= 4 is 40.6 Å². The van der Waals surface area contributed by atoms with Gasteiger partial charge in [-0.25, -0.2) is 0 Å². The fourth-order valence-electron chi connectivity index (χ4n) is 2.72. The van der Waals surface area contributed by atoms with Crippen LogP contribution in [0.25, 0.3) is 6.08 Å². The van der Waals surface area contributed by atoms with E-state index in [-0.39, 0.29) is 27.7 Å². The van der Waals surface area contributed by atoms with Gasteiger partial charge in [0.2, 0.25) is 5.91 Å². The van der Waals surface area contributed by atoms with E-state index >= 15 is 0 Å². The molecule has 7 nitrogen and oxygen atoms in total. The van der Waals surface area contributed by atoms with Crippen LogP contribution >= 0.6 is 11.8 Å². The highest BCUT2D eigenvalue weighted by atomic mass is 32.2. The normalized spacial score (nSPS) is 15.5. The lowest BCUT2D eigenvalue weighted by atomic mass is 10.1. The molecule has 3 rings (SSSR count). The fraction of sp³-hybridized carbons (Fsp3) is 0.150. The van der Waals surface area contributed by atoms with Crippen LogP contribution in [0, 0.1) is 0 Å². The van der Waals surface area contributed by atoms with Crippen LogP contribution in [-0.2, 0) is 15.8 Å². The molecule has 0 spiro atoms. The molecule has 2 aromatic rings. The number of aromatic hydroxyl groups is 1. The molecule has 162 valence electrons. The highest BCUT2D eigenvalue weighted by Crippen LogP contribution is 2.36. The minimum Gasteiger partial charge on any atom is -0.504 e. The summed E-state index contributed by atoms with van der Waals surface area (Å²) in [5.74, 6) is -1.66. The van der Waals surface area contributed by atoms with Crippen molar-refractivity contribution in [3.05, 3.63) is 58.5 Å². The summed E-state index contributed by atoms with van der Waals surface area (Å²) in [6.45, 7) is -0.678. The van der Waals surface area contributed by atoms with Gasteiger partial charge in [-0.3, -0.25) is 19.3 Å². The Balaban J connectivity index is 1.73. The van der Waals surface area contributed by atoms with Crippen molar-refractivity contribution < 1.29 is 37.4 Å². The lowest BCUT2D eigenvalue weighted by Gasteiger charge is -2.13. The van der Waals surface area contributed by atoms with Crippen molar-refractivity contribution in [3.63, 3.8) is 0 Å². The van der Waals surface area contributed by atoms with Gasteiger partial charge in [-0.1, -0.05) is 18.2 Å². The van der Waals surface area contributed by atoms with Crippen molar-refractivity contribution in [2.24, 2.45) is 0 Å². The predicted octanol–water partition coefficient (Wildman–Crippen LogP) is 4.09. The summed E-state index contributed by atoms with van der Waals surface area (Å²) in [5, 5.41) is 11.6. The van der Waals surface area contributed by atoms with Gasteiger partial charge in [0.1, 0.15) is 6.54 Å².